The lowest BCUT2D eigenvalue weighted by molar-refractivity contribution is -0.137. The largest absolute Gasteiger partial charge is 0.446 e. The highest BCUT2D eigenvalue weighted by Gasteiger charge is 2.30. The maximum absolute atomic E-state index is 12.7. The second-order valence-corrected chi connectivity index (χ2v) is 6.25. The van der Waals surface area contributed by atoms with Crippen LogP contribution in [0.25, 0.3) is 0 Å². The standard InChI is InChI=1S/C20H18F3N3O2/c21-20(22,23)15-8-4-7-14(9-15)11-25-18(27)17-12-28-19(26-17)16(24)10-13-5-2-1-3-6-13/h1-9,12,16H,10-11,24H2,(H,25,27). The van der Waals surface area contributed by atoms with Gasteiger partial charge in [0.05, 0.1) is 11.6 Å². The predicted octanol–water partition coefficient (Wildman–Crippen LogP) is 3.87. The summed E-state index contributed by atoms with van der Waals surface area (Å²) < 4.78 is 43.5. The van der Waals surface area contributed by atoms with E-state index < -0.39 is 23.7 Å². The summed E-state index contributed by atoms with van der Waals surface area (Å²) in [5.41, 5.74) is 6.65. The van der Waals surface area contributed by atoms with E-state index in [-0.39, 0.29) is 18.1 Å². The number of carbonyl (C=O) groups excluding carboxylic acids is 1. The SMILES string of the molecule is NC(Cc1ccccc1)c1nc(C(=O)NCc2cccc(C(F)(F)F)c2)co1. The Hall–Kier alpha value is -3.13. The normalized spacial score (nSPS) is 12.6. The summed E-state index contributed by atoms with van der Waals surface area (Å²) in [6, 6.07) is 13.8. The Morgan fingerprint density at radius 3 is 2.54 bits per heavy atom. The third-order valence-electron chi connectivity index (χ3n) is 4.08. The number of rotatable bonds is 6. The van der Waals surface area contributed by atoms with E-state index in [0.29, 0.717) is 12.0 Å². The molecule has 0 saturated heterocycles. The number of amides is 1. The van der Waals surface area contributed by atoms with Crippen molar-refractivity contribution >= 4 is 5.91 Å². The maximum atomic E-state index is 12.7. The van der Waals surface area contributed by atoms with Crippen LogP contribution in [0.15, 0.2) is 65.3 Å². The Balaban J connectivity index is 1.60. The first-order chi connectivity index (χ1) is 13.3. The predicted molar refractivity (Wildman–Crippen MR) is 96.2 cm³/mol. The Bertz CT molecular complexity index is 939. The van der Waals surface area contributed by atoms with Crippen molar-refractivity contribution in [3.63, 3.8) is 0 Å². The van der Waals surface area contributed by atoms with Crippen molar-refractivity contribution in [2.24, 2.45) is 5.73 Å². The molecule has 8 heteroatoms. The highest BCUT2D eigenvalue weighted by Crippen LogP contribution is 2.29. The Kier molecular flexibility index (Phi) is 5.79. The van der Waals surface area contributed by atoms with Crippen molar-refractivity contribution < 1.29 is 22.4 Å². The lowest BCUT2D eigenvalue weighted by Gasteiger charge is -2.09. The first kappa shape index (κ1) is 19.6. The van der Waals surface area contributed by atoms with Crippen LogP contribution in [0.2, 0.25) is 0 Å². The van der Waals surface area contributed by atoms with Crippen molar-refractivity contribution in [1.29, 1.82) is 0 Å². The van der Waals surface area contributed by atoms with E-state index >= 15 is 0 Å². The number of benzene rings is 2. The summed E-state index contributed by atoms with van der Waals surface area (Å²) in [5.74, 6) is -0.340. The minimum atomic E-state index is -4.43. The van der Waals surface area contributed by atoms with Gasteiger partial charge < -0.3 is 15.5 Å². The fourth-order valence-electron chi connectivity index (χ4n) is 2.65. The Morgan fingerprint density at radius 2 is 1.82 bits per heavy atom. The summed E-state index contributed by atoms with van der Waals surface area (Å²) >= 11 is 0. The number of nitrogens with two attached hydrogens (primary N) is 1. The first-order valence-electron chi connectivity index (χ1n) is 8.52. The van der Waals surface area contributed by atoms with Crippen molar-refractivity contribution in [3.05, 3.63) is 89.1 Å². The molecule has 2 aromatic carbocycles. The molecule has 0 radical (unpaired) electrons. The van der Waals surface area contributed by atoms with Crippen LogP contribution in [0.1, 0.15) is 39.1 Å². The molecular weight excluding hydrogens is 371 g/mol. The fourth-order valence-corrected chi connectivity index (χ4v) is 2.65. The summed E-state index contributed by atoms with van der Waals surface area (Å²) in [6.45, 7) is -0.0684. The van der Waals surface area contributed by atoms with Crippen LogP contribution in [-0.4, -0.2) is 10.9 Å². The molecule has 3 aromatic rings. The first-order valence-corrected chi connectivity index (χ1v) is 8.52. The second-order valence-electron chi connectivity index (χ2n) is 6.25. The molecule has 28 heavy (non-hydrogen) atoms. The van der Waals surface area contributed by atoms with Gasteiger partial charge in [-0.25, -0.2) is 4.98 Å². The number of oxazole rings is 1. The summed E-state index contributed by atoms with van der Waals surface area (Å²) in [4.78, 5) is 16.3. The number of halogens is 3. The second kappa shape index (κ2) is 8.26. The van der Waals surface area contributed by atoms with Crippen LogP contribution in [0.3, 0.4) is 0 Å². The van der Waals surface area contributed by atoms with Gasteiger partial charge in [-0.05, 0) is 29.7 Å². The number of hydrogen-bond donors (Lipinski definition) is 2. The van der Waals surface area contributed by atoms with E-state index in [0.717, 1.165) is 17.7 Å². The van der Waals surface area contributed by atoms with Gasteiger partial charge in [0.1, 0.15) is 6.26 Å². The van der Waals surface area contributed by atoms with E-state index in [1.165, 1.54) is 18.4 Å². The van der Waals surface area contributed by atoms with E-state index in [1.807, 2.05) is 30.3 Å². The lowest BCUT2D eigenvalue weighted by Crippen LogP contribution is -2.23. The van der Waals surface area contributed by atoms with Crippen molar-refractivity contribution in [2.45, 2.75) is 25.2 Å². The highest BCUT2D eigenvalue weighted by atomic mass is 19.4. The van der Waals surface area contributed by atoms with Gasteiger partial charge in [0, 0.05) is 6.54 Å². The Morgan fingerprint density at radius 1 is 1.11 bits per heavy atom. The van der Waals surface area contributed by atoms with Gasteiger partial charge in [0.15, 0.2) is 5.69 Å². The number of nitrogens with one attached hydrogen (secondary N) is 1. The molecule has 1 atom stereocenters. The minimum absolute atomic E-state index is 0.0190. The van der Waals surface area contributed by atoms with Crippen molar-refractivity contribution in [1.82, 2.24) is 10.3 Å². The molecular formula is C20H18F3N3O2. The minimum Gasteiger partial charge on any atom is -0.446 e. The molecule has 0 aliphatic heterocycles. The van der Waals surface area contributed by atoms with Gasteiger partial charge in [0.25, 0.3) is 5.91 Å². The molecule has 146 valence electrons. The average molecular weight is 389 g/mol. The Labute approximate surface area is 159 Å². The zero-order chi connectivity index (χ0) is 20.1. The number of carbonyl (C=O) groups is 1. The van der Waals surface area contributed by atoms with Crippen LogP contribution >= 0.6 is 0 Å². The van der Waals surface area contributed by atoms with E-state index in [2.05, 4.69) is 10.3 Å². The number of alkyl halides is 3. The van der Waals surface area contributed by atoms with Gasteiger partial charge in [0.2, 0.25) is 5.89 Å². The molecule has 0 fully saturated rings. The van der Waals surface area contributed by atoms with E-state index in [1.54, 1.807) is 0 Å². The number of nitrogens with zero attached hydrogens (tertiary/aromatic N) is 1. The van der Waals surface area contributed by atoms with Crippen LogP contribution in [0.4, 0.5) is 13.2 Å². The third-order valence-corrected chi connectivity index (χ3v) is 4.08. The monoisotopic (exact) mass is 389 g/mol. The third kappa shape index (κ3) is 4.98. The topological polar surface area (TPSA) is 81.1 Å². The van der Waals surface area contributed by atoms with Gasteiger partial charge >= 0.3 is 6.18 Å². The number of hydrogen-bond acceptors (Lipinski definition) is 4. The quantitative estimate of drug-likeness (QED) is 0.671. The summed E-state index contributed by atoms with van der Waals surface area (Å²) in [6.07, 6.45) is -2.76. The summed E-state index contributed by atoms with van der Waals surface area (Å²) in [5, 5.41) is 2.53. The average Bonchev–Trinajstić information content (AvgIpc) is 3.17. The molecule has 1 heterocycles. The van der Waals surface area contributed by atoms with Crippen LogP contribution in [-0.2, 0) is 19.1 Å². The van der Waals surface area contributed by atoms with Crippen LogP contribution < -0.4 is 11.1 Å². The molecule has 0 aliphatic carbocycles. The van der Waals surface area contributed by atoms with Gasteiger partial charge in [-0.15, -0.1) is 0 Å². The number of aromatic nitrogens is 1. The van der Waals surface area contributed by atoms with Crippen molar-refractivity contribution in [3.8, 4) is 0 Å². The molecule has 3 rings (SSSR count). The smallest absolute Gasteiger partial charge is 0.416 e. The summed E-state index contributed by atoms with van der Waals surface area (Å²) in [7, 11) is 0. The maximum Gasteiger partial charge on any atom is 0.416 e. The molecule has 0 aliphatic rings. The molecule has 0 saturated carbocycles. The van der Waals surface area contributed by atoms with Gasteiger partial charge in [-0.2, -0.15) is 13.2 Å². The highest BCUT2D eigenvalue weighted by molar-refractivity contribution is 5.91. The van der Waals surface area contributed by atoms with Crippen LogP contribution in [0, 0.1) is 0 Å². The molecule has 5 nitrogen and oxygen atoms in total. The zero-order valence-electron chi connectivity index (χ0n) is 14.7. The zero-order valence-corrected chi connectivity index (χ0v) is 14.7. The van der Waals surface area contributed by atoms with E-state index in [9.17, 15) is 18.0 Å². The van der Waals surface area contributed by atoms with Gasteiger partial charge in [-0.1, -0.05) is 42.5 Å². The van der Waals surface area contributed by atoms with Gasteiger partial charge in [-0.3, -0.25) is 4.79 Å². The molecule has 1 amide bonds. The molecule has 0 bridgehead atoms. The molecule has 1 aromatic heterocycles. The van der Waals surface area contributed by atoms with Crippen molar-refractivity contribution in [2.75, 3.05) is 0 Å². The van der Waals surface area contributed by atoms with Crippen LogP contribution in [0.5, 0.6) is 0 Å². The molecule has 3 N–H and O–H groups in total. The fraction of sp³-hybridized carbons (Fsp3) is 0.200. The van der Waals surface area contributed by atoms with E-state index in [4.69, 9.17) is 10.2 Å². The lowest BCUT2D eigenvalue weighted by atomic mass is 10.1. The molecule has 0 spiro atoms. The molecule has 1 unspecified atom stereocenters.